The van der Waals surface area contributed by atoms with Crippen LogP contribution in [0.5, 0.6) is 0 Å². The van der Waals surface area contributed by atoms with Crippen LogP contribution in [0.3, 0.4) is 0 Å². The van der Waals surface area contributed by atoms with E-state index in [0.29, 0.717) is 16.3 Å². The van der Waals surface area contributed by atoms with Crippen LogP contribution >= 0.6 is 23.1 Å². The zero-order valence-electron chi connectivity index (χ0n) is 20.6. The fourth-order valence-corrected chi connectivity index (χ4v) is 6.29. The van der Waals surface area contributed by atoms with Gasteiger partial charge in [-0.25, -0.2) is 9.18 Å². The number of hydrogen-bond acceptors (Lipinski definition) is 6. The normalized spacial score (nSPS) is 13.1. The highest BCUT2D eigenvalue weighted by atomic mass is 32.2. The molecule has 2 amide bonds. The highest BCUT2D eigenvalue weighted by Gasteiger charge is 2.26. The SMILES string of the molecule is CCOC(=O)c1c(NC(=O)CSc2cccc(NC(=O)c3ccccc3F)c2)sc2c1CCCCCC2. The Morgan fingerprint density at radius 2 is 1.78 bits per heavy atom. The number of thioether (sulfide) groups is 1. The van der Waals surface area contributed by atoms with E-state index >= 15 is 0 Å². The Morgan fingerprint density at radius 3 is 2.57 bits per heavy atom. The molecule has 0 saturated heterocycles. The Labute approximate surface area is 224 Å². The molecule has 0 saturated carbocycles. The summed E-state index contributed by atoms with van der Waals surface area (Å²) in [5.41, 5.74) is 1.98. The maximum absolute atomic E-state index is 13.9. The molecule has 6 nitrogen and oxygen atoms in total. The summed E-state index contributed by atoms with van der Waals surface area (Å²) in [6, 6.07) is 12.8. The van der Waals surface area contributed by atoms with Gasteiger partial charge in [-0.05, 0) is 68.5 Å². The highest BCUT2D eigenvalue weighted by Crippen LogP contribution is 2.38. The summed E-state index contributed by atoms with van der Waals surface area (Å²) in [5.74, 6) is -1.63. The first-order valence-corrected chi connectivity index (χ1v) is 14.2. The average molecular weight is 541 g/mol. The predicted octanol–water partition coefficient (Wildman–Crippen LogP) is 6.71. The lowest BCUT2D eigenvalue weighted by Crippen LogP contribution is -2.17. The van der Waals surface area contributed by atoms with Crippen molar-refractivity contribution in [2.24, 2.45) is 0 Å². The number of esters is 1. The molecule has 2 N–H and O–H groups in total. The molecule has 1 heterocycles. The molecule has 0 fully saturated rings. The average Bonchev–Trinajstić information content (AvgIpc) is 3.19. The number of benzene rings is 2. The zero-order valence-corrected chi connectivity index (χ0v) is 22.2. The molecular weight excluding hydrogens is 511 g/mol. The number of nitrogens with one attached hydrogen (secondary N) is 2. The number of aryl methyl sites for hydroxylation is 1. The monoisotopic (exact) mass is 540 g/mol. The number of anilines is 2. The van der Waals surface area contributed by atoms with Gasteiger partial charge in [0.15, 0.2) is 0 Å². The molecule has 37 heavy (non-hydrogen) atoms. The van der Waals surface area contributed by atoms with Crippen LogP contribution in [-0.2, 0) is 22.4 Å². The summed E-state index contributed by atoms with van der Waals surface area (Å²) in [5, 5.41) is 6.19. The first kappa shape index (κ1) is 26.9. The Bertz CT molecular complexity index is 1290. The Balaban J connectivity index is 1.42. The zero-order chi connectivity index (χ0) is 26.2. The largest absolute Gasteiger partial charge is 0.462 e. The van der Waals surface area contributed by atoms with Crippen LogP contribution in [-0.4, -0.2) is 30.1 Å². The van der Waals surface area contributed by atoms with Crippen molar-refractivity contribution >= 4 is 51.6 Å². The summed E-state index contributed by atoms with van der Waals surface area (Å²) in [6.07, 6.45) is 6.12. The molecule has 4 rings (SSSR count). The van der Waals surface area contributed by atoms with E-state index in [-0.39, 0.29) is 29.8 Å². The Morgan fingerprint density at radius 1 is 1.00 bits per heavy atom. The molecular formula is C28H29FN2O4S2. The third-order valence-electron chi connectivity index (χ3n) is 5.98. The van der Waals surface area contributed by atoms with Crippen LogP contribution in [0.25, 0.3) is 0 Å². The summed E-state index contributed by atoms with van der Waals surface area (Å²) >= 11 is 2.78. The topological polar surface area (TPSA) is 84.5 Å². The number of halogens is 1. The van der Waals surface area contributed by atoms with Crippen molar-refractivity contribution in [3.63, 3.8) is 0 Å². The van der Waals surface area contributed by atoms with Crippen molar-refractivity contribution in [2.45, 2.75) is 50.3 Å². The van der Waals surface area contributed by atoms with Crippen LogP contribution < -0.4 is 10.6 Å². The number of fused-ring (bicyclic) bond motifs is 1. The lowest BCUT2D eigenvalue weighted by molar-refractivity contribution is -0.113. The molecule has 0 aliphatic heterocycles. The number of carbonyl (C=O) groups is 3. The molecule has 0 unspecified atom stereocenters. The molecule has 1 aromatic heterocycles. The van der Waals surface area contributed by atoms with E-state index in [4.69, 9.17) is 4.74 Å². The van der Waals surface area contributed by atoms with Gasteiger partial charge < -0.3 is 15.4 Å². The number of ether oxygens (including phenoxy) is 1. The molecule has 1 aliphatic rings. The molecule has 1 aliphatic carbocycles. The molecule has 0 atom stereocenters. The second kappa shape index (κ2) is 12.9. The molecule has 0 spiro atoms. The lowest BCUT2D eigenvalue weighted by Gasteiger charge is -2.11. The smallest absolute Gasteiger partial charge is 0.341 e. The molecule has 0 radical (unpaired) electrons. The van der Waals surface area contributed by atoms with Gasteiger partial charge in [0.25, 0.3) is 5.91 Å². The predicted molar refractivity (Wildman–Crippen MR) is 146 cm³/mol. The van der Waals surface area contributed by atoms with Gasteiger partial charge in [0.05, 0.1) is 23.5 Å². The molecule has 3 aromatic rings. The summed E-state index contributed by atoms with van der Waals surface area (Å²) in [7, 11) is 0. The molecule has 2 aromatic carbocycles. The van der Waals surface area contributed by atoms with Crippen molar-refractivity contribution in [2.75, 3.05) is 23.0 Å². The van der Waals surface area contributed by atoms with E-state index in [0.717, 1.165) is 47.4 Å². The van der Waals surface area contributed by atoms with E-state index in [1.54, 1.807) is 31.2 Å². The van der Waals surface area contributed by atoms with Crippen LogP contribution in [0.1, 0.15) is 63.8 Å². The third kappa shape index (κ3) is 6.99. The molecule has 194 valence electrons. The number of amides is 2. The van der Waals surface area contributed by atoms with Crippen LogP contribution in [0.15, 0.2) is 53.4 Å². The molecule has 9 heteroatoms. The number of carbonyl (C=O) groups excluding carboxylic acids is 3. The van der Waals surface area contributed by atoms with Gasteiger partial charge in [-0.15, -0.1) is 23.1 Å². The fraction of sp³-hybridized carbons (Fsp3) is 0.321. The number of thiophene rings is 1. The van der Waals surface area contributed by atoms with Gasteiger partial charge in [-0.2, -0.15) is 0 Å². The van der Waals surface area contributed by atoms with Gasteiger partial charge in [-0.1, -0.05) is 31.0 Å². The Kier molecular flexibility index (Phi) is 9.35. The van der Waals surface area contributed by atoms with Crippen molar-refractivity contribution in [3.05, 3.63) is 75.9 Å². The minimum atomic E-state index is -0.592. The number of rotatable bonds is 8. The van der Waals surface area contributed by atoms with Gasteiger partial charge >= 0.3 is 5.97 Å². The first-order chi connectivity index (χ1) is 18.0. The lowest BCUT2D eigenvalue weighted by atomic mass is 9.96. The Hall–Kier alpha value is -3.17. The van der Waals surface area contributed by atoms with E-state index in [2.05, 4.69) is 10.6 Å². The summed E-state index contributed by atoms with van der Waals surface area (Å²) < 4.78 is 19.2. The van der Waals surface area contributed by atoms with Crippen LogP contribution in [0, 0.1) is 5.82 Å². The van der Waals surface area contributed by atoms with Gasteiger partial charge in [-0.3, -0.25) is 9.59 Å². The van der Waals surface area contributed by atoms with E-state index in [1.807, 2.05) is 6.07 Å². The maximum Gasteiger partial charge on any atom is 0.341 e. The summed E-state index contributed by atoms with van der Waals surface area (Å²) in [4.78, 5) is 40.0. The highest BCUT2D eigenvalue weighted by molar-refractivity contribution is 8.00. The van der Waals surface area contributed by atoms with Crippen molar-refractivity contribution in [1.82, 2.24) is 0 Å². The fourth-order valence-electron chi connectivity index (χ4n) is 4.25. The van der Waals surface area contributed by atoms with E-state index in [9.17, 15) is 18.8 Å². The van der Waals surface area contributed by atoms with Gasteiger partial charge in [0.2, 0.25) is 5.91 Å². The molecule has 0 bridgehead atoms. The third-order valence-corrected chi connectivity index (χ3v) is 8.19. The van der Waals surface area contributed by atoms with E-state index < -0.39 is 11.7 Å². The van der Waals surface area contributed by atoms with Crippen molar-refractivity contribution in [3.8, 4) is 0 Å². The number of hydrogen-bond donors (Lipinski definition) is 2. The minimum Gasteiger partial charge on any atom is -0.462 e. The van der Waals surface area contributed by atoms with Gasteiger partial charge in [0.1, 0.15) is 10.8 Å². The van der Waals surface area contributed by atoms with Crippen LogP contribution in [0.2, 0.25) is 0 Å². The van der Waals surface area contributed by atoms with E-state index in [1.165, 1.54) is 47.7 Å². The van der Waals surface area contributed by atoms with Crippen molar-refractivity contribution < 1.29 is 23.5 Å². The second-order valence-electron chi connectivity index (χ2n) is 8.64. The summed E-state index contributed by atoms with van der Waals surface area (Å²) in [6.45, 7) is 2.05. The minimum absolute atomic E-state index is 0.0395. The standard InChI is InChI=1S/C28H29FN2O4S2/c1-2-35-28(34)25-21-13-5-3-4-6-15-23(21)37-27(25)31-24(32)17-36-19-11-9-10-18(16-19)30-26(33)20-12-7-8-14-22(20)29/h7-12,14,16H,2-6,13,15,17H2,1H3,(H,30,33)(H,31,32). The first-order valence-electron chi connectivity index (χ1n) is 12.4. The van der Waals surface area contributed by atoms with Crippen molar-refractivity contribution in [1.29, 1.82) is 0 Å². The quantitative estimate of drug-likeness (QED) is 0.245. The van der Waals surface area contributed by atoms with Gasteiger partial charge in [0, 0.05) is 15.5 Å². The maximum atomic E-state index is 13.9. The van der Waals surface area contributed by atoms with Crippen LogP contribution in [0.4, 0.5) is 15.1 Å². The second-order valence-corrected chi connectivity index (χ2v) is 10.8.